The molecule has 0 radical (unpaired) electrons. The van der Waals surface area contributed by atoms with Gasteiger partial charge in [0.05, 0.1) is 18.1 Å². The van der Waals surface area contributed by atoms with E-state index in [-0.39, 0.29) is 0 Å². The first-order valence-electron chi connectivity index (χ1n) is 7.53. The van der Waals surface area contributed by atoms with E-state index in [4.69, 9.17) is 4.74 Å². The standard InChI is InChI=1S/C19H17N3O/c1-12-8-19(23-3)20-18-7-5-14(10-16(12)18)13-4-6-17-15(9-13)11-22(2)21-17/h4-11H,1-3H3. The summed E-state index contributed by atoms with van der Waals surface area (Å²) in [6, 6.07) is 14.7. The minimum absolute atomic E-state index is 0.652. The summed E-state index contributed by atoms with van der Waals surface area (Å²) in [6.07, 6.45) is 2.04. The van der Waals surface area contributed by atoms with Crippen molar-refractivity contribution in [2.24, 2.45) is 7.05 Å². The van der Waals surface area contributed by atoms with Crippen LogP contribution in [-0.4, -0.2) is 21.9 Å². The molecule has 0 unspecified atom stereocenters. The predicted molar refractivity (Wildman–Crippen MR) is 92.7 cm³/mol. The molecule has 4 aromatic rings. The van der Waals surface area contributed by atoms with Crippen molar-refractivity contribution in [1.82, 2.24) is 14.8 Å². The summed E-state index contributed by atoms with van der Waals surface area (Å²) in [6.45, 7) is 2.08. The van der Waals surface area contributed by atoms with E-state index in [0.717, 1.165) is 27.4 Å². The maximum absolute atomic E-state index is 5.25. The van der Waals surface area contributed by atoms with E-state index in [0.29, 0.717) is 5.88 Å². The second-order valence-electron chi connectivity index (χ2n) is 5.79. The van der Waals surface area contributed by atoms with Crippen molar-refractivity contribution in [1.29, 1.82) is 0 Å². The summed E-state index contributed by atoms with van der Waals surface area (Å²) in [7, 11) is 3.59. The van der Waals surface area contributed by atoms with Gasteiger partial charge in [-0.3, -0.25) is 4.68 Å². The predicted octanol–water partition coefficient (Wildman–Crippen LogP) is 4.11. The number of hydrogen-bond donors (Lipinski definition) is 0. The fraction of sp³-hybridized carbons (Fsp3) is 0.158. The van der Waals surface area contributed by atoms with E-state index in [2.05, 4.69) is 47.3 Å². The van der Waals surface area contributed by atoms with Crippen LogP contribution in [0.15, 0.2) is 48.7 Å². The molecule has 2 aromatic carbocycles. The number of benzene rings is 2. The van der Waals surface area contributed by atoms with E-state index < -0.39 is 0 Å². The summed E-state index contributed by atoms with van der Waals surface area (Å²) in [5.74, 6) is 0.652. The molecule has 0 fully saturated rings. The van der Waals surface area contributed by atoms with Crippen LogP contribution in [0.5, 0.6) is 5.88 Å². The molecule has 0 N–H and O–H groups in total. The summed E-state index contributed by atoms with van der Waals surface area (Å²) >= 11 is 0. The molecule has 0 aliphatic carbocycles. The molecule has 0 bridgehead atoms. The Labute approximate surface area is 134 Å². The van der Waals surface area contributed by atoms with Crippen LogP contribution >= 0.6 is 0 Å². The van der Waals surface area contributed by atoms with E-state index in [1.807, 2.05) is 30.1 Å². The highest BCUT2D eigenvalue weighted by atomic mass is 16.5. The first-order valence-corrected chi connectivity index (χ1v) is 7.53. The van der Waals surface area contributed by atoms with Crippen LogP contribution in [0, 0.1) is 6.92 Å². The largest absolute Gasteiger partial charge is 0.481 e. The maximum Gasteiger partial charge on any atom is 0.213 e. The third kappa shape index (κ3) is 2.32. The third-order valence-corrected chi connectivity index (χ3v) is 4.15. The number of methoxy groups -OCH3 is 1. The zero-order chi connectivity index (χ0) is 16.0. The first kappa shape index (κ1) is 13.8. The normalized spacial score (nSPS) is 11.3. The van der Waals surface area contributed by atoms with Gasteiger partial charge in [-0.1, -0.05) is 12.1 Å². The second-order valence-corrected chi connectivity index (χ2v) is 5.79. The maximum atomic E-state index is 5.25. The van der Waals surface area contributed by atoms with E-state index in [9.17, 15) is 0 Å². The number of aromatic nitrogens is 3. The summed E-state index contributed by atoms with van der Waals surface area (Å²) in [4.78, 5) is 4.51. The van der Waals surface area contributed by atoms with Crippen molar-refractivity contribution < 1.29 is 4.74 Å². The lowest BCUT2D eigenvalue weighted by atomic mass is 10.0. The van der Waals surface area contributed by atoms with Crippen molar-refractivity contribution in [3.05, 3.63) is 54.2 Å². The monoisotopic (exact) mass is 303 g/mol. The Kier molecular flexibility index (Phi) is 3.05. The topological polar surface area (TPSA) is 39.9 Å². The van der Waals surface area contributed by atoms with Gasteiger partial charge >= 0.3 is 0 Å². The Bertz CT molecular complexity index is 1030. The molecule has 0 aliphatic heterocycles. The number of ether oxygens (including phenoxy) is 1. The molecular formula is C19H17N3O. The molecule has 0 aliphatic rings. The Hall–Kier alpha value is -2.88. The Morgan fingerprint density at radius 1 is 0.957 bits per heavy atom. The Morgan fingerprint density at radius 2 is 1.70 bits per heavy atom. The lowest BCUT2D eigenvalue weighted by molar-refractivity contribution is 0.399. The number of hydrogen-bond acceptors (Lipinski definition) is 3. The average molecular weight is 303 g/mol. The summed E-state index contributed by atoms with van der Waals surface area (Å²) in [5, 5.41) is 6.72. The molecular weight excluding hydrogens is 286 g/mol. The van der Waals surface area contributed by atoms with Crippen molar-refractivity contribution in [3.63, 3.8) is 0 Å². The number of rotatable bonds is 2. The zero-order valence-electron chi connectivity index (χ0n) is 13.4. The van der Waals surface area contributed by atoms with Gasteiger partial charge in [-0.15, -0.1) is 0 Å². The molecule has 0 amide bonds. The van der Waals surface area contributed by atoms with Crippen LogP contribution in [-0.2, 0) is 7.05 Å². The van der Waals surface area contributed by atoms with Crippen molar-refractivity contribution >= 4 is 21.8 Å². The first-order chi connectivity index (χ1) is 11.1. The van der Waals surface area contributed by atoms with Gasteiger partial charge in [0.2, 0.25) is 5.88 Å². The second kappa shape index (κ2) is 5.09. The zero-order valence-corrected chi connectivity index (χ0v) is 13.4. The molecule has 0 spiro atoms. The van der Waals surface area contributed by atoms with Crippen molar-refractivity contribution in [3.8, 4) is 17.0 Å². The van der Waals surface area contributed by atoms with Crippen LogP contribution < -0.4 is 4.74 Å². The van der Waals surface area contributed by atoms with Crippen molar-refractivity contribution in [2.75, 3.05) is 7.11 Å². The molecule has 4 heteroatoms. The van der Waals surface area contributed by atoms with Crippen LogP contribution in [0.2, 0.25) is 0 Å². The molecule has 2 aromatic heterocycles. The van der Waals surface area contributed by atoms with Gasteiger partial charge in [-0.2, -0.15) is 5.10 Å². The Balaban J connectivity index is 1.88. The van der Waals surface area contributed by atoms with Crippen LogP contribution in [0.3, 0.4) is 0 Å². The van der Waals surface area contributed by atoms with Crippen LogP contribution in [0.25, 0.3) is 32.9 Å². The average Bonchev–Trinajstić information content (AvgIpc) is 2.93. The van der Waals surface area contributed by atoms with Gasteiger partial charge in [-0.25, -0.2) is 4.98 Å². The van der Waals surface area contributed by atoms with Gasteiger partial charge in [0.25, 0.3) is 0 Å². The summed E-state index contributed by atoms with van der Waals surface area (Å²) < 4.78 is 7.09. The summed E-state index contributed by atoms with van der Waals surface area (Å²) in [5.41, 5.74) is 5.49. The van der Waals surface area contributed by atoms with E-state index in [1.165, 1.54) is 11.1 Å². The van der Waals surface area contributed by atoms with Gasteiger partial charge in [0.1, 0.15) is 0 Å². The smallest absolute Gasteiger partial charge is 0.213 e. The van der Waals surface area contributed by atoms with Gasteiger partial charge in [0.15, 0.2) is 0 Å². The van der Waals surface area contributed by atoms with Gasteiger partial charge < -0.3 is 4.74 Å². The van der Waals surface area contributed by atoms with Crippen LogP contribution in [0.1, 0.15) is 5.56 Å². The lowest BCUT2D eigenvalue weighted by Gasteiger charge is -2.08. The highest BCUT2D eigenvalue weighted by Gasteiger charge is 2.07. The quantitative estimate of drug-likeness (QED) is 0.559. The number of fused-ring (bicyclic) bond motifs is 2. The lowest BCUT2D eigenvalue weighted by Crippen LogP contribution is -1.91. The molecule has 4 nitrogen and oxygen atoms in total. The van der Waals surface area contributed by atoms with Crippen LogP contribution in [0.4, 0.5) is 0 Å². The highest BCUT2D eigenvalue weighted by molar-refractivity contribution is 5.90. The molecule has 0 saturated heterocycles. The van der Waals surface area contributed by atoms with Crippen molar-refractivity contribution in [2.45, 2.75) is 6.92 Å². The molecule has 2 heterocycles. The highest BCUT2D eigenvalue weighted by Crippen LogP contribution is 2.29. The SMILES string of the molecule is COc1cc(C)c2cc(-c3ccc4nn(C)cc4c3)ccc2n1. The van der Waals surface area contributed by atoms with E-state index >= 15 is 0 Å². The number of pyridine rings is 1. The molecule has 0 atom stereocenters. The molecule has 23 heavy (non-hydrogen) atoms. The molecule has 4 rings (SSSR count). The van der Waals surface area contributed by atoms with Gasteiger partial charge in [0, 0.05) is 30.1 Å². The minimum Gasteiger partial charge on any atom is -0.481 e. The number of nitrogens with zero attached hydrogens (tertiary/aromatic N) is 3. The number of aryl methyl sites for hydroxylation is 2. The van der Waals surface area contributed by atoms with Gasteiger partial charge in [-0.05, 0) is 47.9 Å². The Morgan fingerprint density at radius 3 is 2.48 bits per heavy atom. The fourth-order valence-electron chi connectivity index (χ4n) is 2.98. The third-order valence-electron chi connectivity index (χ3n) is 4.15. The minimum atomic E-state index is 0.652. The molecule has 114 valence electrons. The van der Waals surface area contributed by atoms with E-state index in [1.54, 1.807) is 7.11 Å². The fourth-order valence-corrected chi connectivity index (χ4v) is 2.98. The molecule has 0 saturated carbocycles.